The summed E-state index contributed by atoms with van der Waals surface area (Å²) in [6, 6.07) is 2.53. The highest BCUT2D eigenvalue weighted by atomic mass is 19.1. The van der Waals surface area contributed by atoms with Gasteiger partial charge in [0.15, 0.2) is 5.75 Å². The van der Waals surface area contributed by atoms with Gasteiger partial charge in [-0.1, -0.05) is 0 Å². The number of nitrogen functional groups attached to an aromatic ring is 1. The van der Waals surface area contributed by atoms with E-state index in [1.54, 1.807) is 19.0 Å². The lowest BCUT2D eigenvalue weighted by Gasteiger charge is -2.21. The number of hydrogen-bond acceptors (Lipinski definition) is 4. The van der Waals surface area contributed by atoms with E-state index in [0.29, 0.717) is 5.69 Å². The molecule has 6 heteroatoms. The zero-order valence-corrected chi connectivity index (χ0v) is 11.9. The van der Waals surface area contributed by atoms with Crippen molar-refractivity contribution in [2.24, 2.45) is 0 Å². The Hall–Kier alpha value is -1.98. The lowest BCUT2D eigenvalue weighted by Crippen LogP contribution is -2.42. The van der Waals surface area contributed by atoms with Gasteiger partial charge in [0.05, 0.1) is 11.4 Å². The van der Waals surface area contributed by atoms with Crippen LogP contribution in [-0.4, -0.2) is 25.7 Å². The maximum atomic E-state index is 13.6. The van der Waals surface area contributed by atoms with E-state index in [1.165, 1.54) is 6.07 Å². The Labute approximate surface area is 112 Å². The van der Waals surface area contributed by atoms with Crippen LogP contribution in [-0.2, 0) is 0 Å². The zero-order chi connectivity index (χ0) is 14.8. The molecule has 0 atom stereocenters. The fourth-order valence-electron chi connectivity index (χ4n) is 1.42. The van der Waals surface area contributed by atoms with Gasteiger partial charge in [-0.15, -0.1) is 0 Å². The number of anilines is 2. The van der Waals surface area contributed by atoms with Crippen molar-refractivity contribution in [3.05, 3.63) is 17.9 Å². The first kappa shape index (κ1) is 15.1. The van der Waals surface area contributed by atoms with Crippen molar-refractivity contribution in [3.8, 4) is 5.75 Å². The standard InChI is InChI=1S/C13H20FN3O2/c1-13(2,3)16-12(18)19-11-7-10(17(4)5)8(14)6-9(11)15/h6-7H,15H2,1-5H3,(H,16,18). The molecule has 0 fully saturated rings. The number of nitrogens with one attached hydrogen (secondary N) is 1. The number of rotatable bonds is 2. The van der Waals surface area contributed by atoms with Crippen molar-refractivity contribution in [1.82, 2.24) is 5.32 Å². The predicted octanol–water partition coefficient (Wildman–Crippen LogP) is 2.36. The summed E-state index contributed by atoms with van der Waals surface area (Å²) in [6.07, 6.45) is -0.629. The molecule has 106 valence electrons. The van der Waals surface area contributed by atoms with E-state index in [2.05, 4.69) is 5.32 Å². The molecule has 0 radical (unpaired) electrons. The molecule has 5 nitrogen and oxygen atoms in total. The van der Waals surface area contributed by atoms with Gasteiger partial charge in [0.25, 0.3) is 0 Å². The molecule has 1 aromatic rings. The SMILES string of the molecule is CN(C)c1cc(OC(=O)NC(C)(C)C)c(N)cc1F. The molecule has 0 spiro atoms. The molecular formula is C13H20FN3O2. The second-order valence-electron chi connectivity index (χ2n) is 5.50. The van der Waals surface area contributed by atoms with Gasteiger partial charge in [0.1, 0.15) is 5.82 Å². The number of nitrogens with two attached hydrogens (primary N) is 1. The summed E-state index contributed by atoms with van der Waals surface area (Å²) in [5.41, 5.74) is 5.59. The normalized spacial score (nSPS) is 11.1. The fraction of sp³-hybridized carbons (Fsp3) is 0.462. The number of benzene rings is 1. The third-order valence-corrected chi connectivity index (χ3v) is 2.24. The largest absolute Gasteiger partial charge is 0.413 e. The fourth-order valence-corrected chi connectivity index (χ4v) is 1.42. The minimum atomic E-state index is -0.629. The Morgan fingerprint density at radius 2 is 1.95 bits per heavy atom. The van der Waals surface area contributed by atoms with Gasteiger partial charge in [-0.2, -0.15) is 0 Å². The summed E-state index contributed by atoms with van der Waals surface area (Å²) >= 11 is 0. The van der Waals surface area contributed by atoms with Gasteiger partial charge in [-0.3, -0.25) is 0 Å². The van der Waals surface area contributed by atoms with Gasteiger partial charge in [0.2, 0.25) is 0 Å². The minimum absolute atomic E-state index is 0.0761. The first-order valence-corrected chi connectivity index (χ1v) is 5.86. The molecule has 0 bridgehead atoms. The second-order valence-corrected chi connectivity index (χ2v) is 5.50. The molecule has 0 saturated carbocycles. The third kappa shape index (κ3) is 4.31. The van der Waals surface area contributed by atoms with Crippen LogP contribution >= 0.6 is 0 Å². The topological polar surface area (TPSA) is 67.6 Å². The number of halogens is 1. The van der Waals surface area contributed by atoms with Crippen molar-refractivity contribution in [3.63, 3.8) is 0 Å². The lowest BCUT2D eigenvalue weighted by molar-refractivity contribution is 0.191. The molecule has 3 N–H and O–H groups in total. The Kier molecular flexibility index (Phi) is 4.24. The Morgan fingerprint density at radius 1 is 1.37 bits per heavy atom. The molecule has 0 unspecified atom stereocenters. The van der Waals surface area contributed by atoms with Crippen LogP contribution in [0.4, 0.5) is 20.6 Å². The summed E-state index contributed by atoms with van der Waals surface area (Å²) in [5.74, 6) is -0.335. The van der Waals surface area contributed by atoms with E-state index in [0.717, 1.165) is 6.07 Å². The van der Waals surface area contributed by atoms with Crippen LogP contribution in [0.25, 0.3) is 0 Å². The molecule has 0 aromatic heterocycles. The number of amides is 1. The highest BCUT2D eigenvalue weighted by molar-refractivity contribution is 5.75. The molecule has 1 amide bonds. The van der Waals surface area contributed by atoms with Crippen molar-refractivity contribution in [2.75, 3.05) is 24.7 Å². The van der Waals surface area contributed by atoms with Crippen LogP contribution in [0.1, 0.15) is 20.8 Å². The van der Waals surface area contributed by atoms with Crippen molar-refractivity contribution in [2.45, 2.75) is 26.3 Å². The first-order valence-electron chi connectivity index (χ1n) is 5.86. The summed E-state index contributed by atoms with van der Waals surface area (Å²) < 4.78 is 18.7. The zero-order valence-electron chi connectivity index (χ0n) is 11.9. The highest BCUT2D eigenvalue weighted by Gasteiger charge is 2.18. The molecule has 1 rings (SSSR count). The smallest absolute Gasteiger partial charge is 0.408 e. The van der Waals surface area contributed by atoms with Crippen LogP contribution in [0.3, 0.4) is 0 Å². The van der Waals surface area contributed by atoms with Crippen molar-refractivity contribution >= 4 is 17.5 Å². The summed E-state index contributed by atoms with van der Waals surface area (Å²) in [5, 5.41) is 2.63. The van der Waals surface area contributed by atoms with Gasteiger partial charge >= 0.3 is 6.09 Å². The average molecular weight is 269 g/mol. The number of carbonyl (C=O) groups is 1. The van der Waals surface area contributed by atoms with Crippen LogP contribution in [0.2, 0.25) is 0 Å². The predicted molar refractivity (Wildman–Crippen MR) is 74.1 cm³/mol. The summed E-state index contributed by atoms with van der Waals surface area (Å²) in [4.78, 5) is 13.2. The summed E-state index contributed by atoms with van der Waals surface area (Å²) in [6.45, 7) is 5.48. The van der Waals surface area contributed by atoms with Crippen LogP contribution < -0.4 is 20.7 Å². The van der Waals surface area contributed by atoms with E-state index >= 15 is 0 Å². The van der Waals surface area contributed by atoms with Gasteiger partial charge in [-0.25, -0.2) is 9.18 Å². The maximum absolute atomic E-state index is 13.6. The quantitative estimate of drug-likeness (QED) is 0.809. The van der Waals surface area contributed by atoms with Crippen molar-refractivity contribution in [1.29, 1.82) is 0 Å². The monoisotopic (exact) mass is 269 g/mol. The lowest BCUT2D eigenvalue weighted by atomic mass is 10.1. The van der Waals surface area contributed by atoms with Gasteiger partial charge < -0.3 is 20.7 Å². The number of carbonyl (C=O) groups excluding carboxylic acids is 1. The average Bonchev–Trinajstić information content (AvgIpc) is 2.18. The van der Waals surface area contributed by atoms with Gasteiger partial charge in [-0.05, 0) is 20.8 Å². The molecule has 0 aliphatic heterocycles. The van der Waals surface area contributed by atoms with E-state index < -0.39 is 17.4 Å². The number of hydrogen-bond donors (Lipinski definition) is 2. The highest BCUT2D eigenvalue weighted by Crippen LogP contribution is 2.30. The molecule has 0 saturated heterocycles. The van der Waals surface area contributed by atoms with Crippen LogP contribution in [0, 0.1) is 5.82 Å². The van der Waals surface area contributed by atoms with E-state index in [-0.39, 0.29) is 11.4 Å². The van der Waals surface area contributed by atoms with E-state index in [1.807, 2.05) is 20.8 Å². The van der Waals surface area contributed by atoms with Crippen LogP contribution in [0.15, 0.2) is 12.1 Å². The maximum Gasteiger partial charge on any atom is 0.413 e. The number of nitrogens with zero attached hydrogens (tertiary/aromatic N) is 1. The third-order valence-electron chi connectivity index (χ3n) is 2.24. The molecule has 19 heavy (non-hydrogen) atoms. The number of ether oxygens (including phenoxy) is 1. The minimum Gasteiger partial charge on any atom is -0.408 e. The van der Waals surface area contributed by atoms with Gasteiger partial charge in [0, 0.05) is 31.8 Å². The molecule has 1 aromatic carbocycles. The molecule has 0 heterocycles. The van der Waals surface area contributed by atoms with E-state index in [9.17, 15) is 9.18 Å². The summed E-state index contributed by atoms with van der Waals surface area (Å²) in [7, 11) is 3.38. The molecule has 0 aliphatic rings. The van der Waals surface area contributed by atoms with Crippen molar-refractivity contribution < 1.29 is 13.9 Å². The second kappa shape index (κ2) is 5.34. The van der Waals surface area contributed by atoms with E-state index in [4.69, 9.17) is 10.5 Å². The first-order chi connectivity index (χ1) is 8.60. The Morgan fingerprint density at radius 3 is 2.42 bits per heavy atom. The Bertz CT molecular complexity index is 482. The molecular weight excluding hydrogens is 249 g/mol. The molecule has 0 aliphatic carbocycles. The Balaban J connectivity index is 2.95. The van der Waals surface area contributed by atoms with Crippen LogP contribution in [0.5, 0.6) is 5.75 Å².